The highest BCUT2D eigenvalue weighted by atomic mass is 32.1. The van der Waals surface area contributed by atoms with Gasteiger partial charge in [0.15, 0.2) is 0 Å². The third kappa shape index (κ3) is 5.88. The first-order valence-electron chi connectivity index (χ1n) is 10.3. The molecule has 0 aliphatic carbocycles. The molecule has 0 fully saturated rings. The maximum atomic E-state index is 13.0. The Labute approximate surface area is 201 Å². The summed E-state index contributed by atoms with van der Waals surface area (Å²) in [6, 6.07) is 20.4. The van der Waals surface area contributed by atoms with Crippen molar-refractivity contribution >= 4 is 45.2 Å². The largest absolute Gasteiger partial charge is 0.480 e. The van der Waals surface area contributed by atoms with Crippen LogP contribution in [0.25, 0.3) is 16.2 Å². The number of amides is 1. The summed E-state index contributed by atoms with van der Waals surface area (Å²) in [6.45, 7) is 0.0670. The number of ketones is 1. The molecule has 7 heteroatoms. The zero-order chi connectivity index (χ0) is 24.5. The number of fused-ring (bicyclic) bond motifs is 1. The van der Waals surface area contributed by atoms with Crippen LogP contribution in [0.4, 0.5) is 0 Å². The van der Waals surface area contributed by atoms with Gasteiger partial charge in [-0.15, -0.1) is 24.2 Å². The molecule has 4 rings (SSSR count). The monoisotopic (exact) mass is 470 g/mol. The minimum absolute atomic E-state index is 0.0123. The number of carboxylic acids is 1. The van der Waals surface area contributed by atoms with Crippen molar-refractivity contribution in [3.05, 3.63) is 101 Å². The summed E-state index contributed by atoms with van der Waals surface area (Å²) < 4.78 is 2.97. The molecule has 2 heterocycles. The highest BCUT2D eigenvalue weighted by molar-refractivity contribution is 7.21. The number of carbonyl (C=O) groups excluding carboxylic acids is 2. The van der Waals surface area contributed by atoms with E-state index in [0.29, 0.717) is 22.7 Å². The van der Waals surface area contributed by atoms with Crippen LogP contribution in [0, 0.1) is 12.8 Å². The van der Waals surface area contributed by atoms with E-state index in [1.54, 1.807) is 18.2 Å². The van der Waals surface area contributed by atoms with E-state index in [1.807, 2.05) is 71.4 Å². The lowest BCUT2D eigenvalue weighted by molar-refractivity contribution is -0.135. The van der Waals surface area contributed by atoms with Gasteiger partial charge in [0.1, 0.15) is 6.54 Å². The number of rotatable bonds is 8. The Bertz CT molecular complexity index is 1340. The number of terminal acetylenes is 1. The fraction of sp³-hybridized carbons (Fsp3) is 0.0741. The van der Waals surface area contributed by atoms with Gasteiger partial charge in [-0.25, -0.2) is 0 Å². The summed E-state index contributed by atoms with van der Waals surface area (Å²) in [6.07, 6.45) is 13.6. The molecule has 0 aliphatic heterocycles. The minimum atomic E-state index is -1.10. The van der Waals surface area contributed by atoms with Gasteiger partial charge in [0.05, 0.1) is 10.6 Å². The standard InChI is InChI=1S/C25H20N2O4S.C2H2/c28-23(29)16-26-25(31)19-9-3-6-17(14-19)7-4-12-27-13-5-10-20(27)24(30)22-15-18-8-1-2-11-21(18)32-22;1-2/h1-11,13-15H,12,16H2,(H,26,31)(H,28,29);1-2H/b7-4+;. The summed E-state index contributed by atoms with van der Waals surface area (Å²) in [5.41, 5.74) is 1.80. The molecule has 0 atom stereocenters. The Hall–Kier alpha value is -4.41. The summed E-state index contributed by atoms with van der Waals surface area (Å²) in [5, 5.41) is 12.1. The zero-order valence-corrected chi connectivity index (χ0v) is 19.0. The average molecular weight is 471 g/mol. The molecular formula is C27H22N2O4S. The van der Waals surface area contributed by atoms with Gasteiger partial charge in [-0.2, -0.15) is 0 Å². The second kappa shape index (κ2) is 11.5. The highest BCUT2D eigenvalue weighted by Gasteiger charge is 2.15. The van der Waals surface area contributed by atoms with Crippen LogP contribution >= 0.6 is 11.3 Å². The number of nitrogens with one attached hydrogen (secondary N) is 1. The van der Waals surface area contributed by atoms with Crippen LogP contribution in [0.2, 0.25) is 0 Å². The first-order chi connectivity index (χ1) is 16.5. The maximum Gasteiger partial charge on any atom is 0.322 e. The number of carbonyl (C=O) groups is 3. The highest BCUT2D eigenvalue weighted by Crippen LogP contribution is 2.27. The summed E-state index contributed by atoms with van der Waals surface area (Å²) in [5.74, 6) is -1.55. The van der Waals surface area contributed by atoms with Crippen LogP contribution < -0.4 is 5.32 Å². The van der Waals surface area contributed by atoms with Crippen molar-refractivity contribution in [2.24, 2.45) is 0 Å². The number of aliphatic carboxylic acids is 1. The van der Waals surface area contributed by atoms with Gasteiger partial charge >= 0.3 is 5.97 Å². The summed E-state index contributed by atoms with van der Waals surface area (Å²) in [7, 11) is 0. The molecule has 4 aromatic rings. The molecule has 0 unspecified atom stereocenters. The first-order valence-corrected chi connectivity index (χ1v) is 11.1. The first kappa shape index (κ1) is 24.2. The third-order valence-corrected chi connectivity index (χ3v) is 5.99. The molecule has 2 aromatic carbocycles. The van der Waals surface area contributed by atoms with Crippen LogP contribution in [-0.4, -0.2) is 33.9 Å². The average Bonchev–Trinajstić information content (AvgIpc) is 3.50. The second-order valence-electron chi connectivity index (χ2n) is 7.13. The molecule has 2 aromatic heterocycles. The number of benzene rings is 2. The lowest BCUT2D eigenvalue weighted by Gasteiger charge is -2.05. The SMILES string of the molecule is C#C.O=C(O)CNC(=O)c1cccc(/C=C/Cn2cccc2C(=O)c2cc3ccccc3s2)c1. The smallest absolute Gasteiger partial charge is 0.322 e. The molecule has 0 aliphatic rings. The van der Waals surface area contributed by atoms with Crippen LogP contribution in [0.15, 0.2) is 79.0 Å². The molecule has 1 amide bonds. The maximum absolute atomic E-state index is 13.0. The number of hydrogen-bond acceptors (Lipinski definition) is 4. The molecule has 0 spiro atoms. The van der Waals surface area contributed by atoms with Gasteiger partial charge in [0.25, 0.3) is 5.91 Å². The fourth-order valence-corrected chi connectivity index (χ4v) is 4.35. The van der Waals surface area contributed by atoms with Crippen LogP contribution in [0.1, 0.15) is 31.3 Å². The van der Waals surface area contributed by atoms with E-state index in [4.69, 9.17) is 5.11 Å². The topological polar surface area (TPSA) is 88.4 Å². The van der Waals surface area contributed by atoms with Gasteiger partial charge in [-0.1, -0.05) is 42.5 Å². The Morgan fingerprint density at radius 2 is 1.79 bits per heavy atom. The predicted octanol–water partition coefficient (Wildman–Crippen LogP) is 4.71. The van der Waals surface area contributed by atoms with E-state index in [1.165, 1.54) is 11.3 Å². The summed E-state index contributed by atoms with van der Waals surface area (Å²) in [4.78, 5) is 36.4. The van der Waals surface area contributed by atoms with E-state index in [-0.39, 0.29) is 5.78 Å². The molecule has 0 saturated carbocycles. The normalized spacial score (nSPS) is 10.5. The number of thiophene rings is 1. The second-order valence-corrected chi connectivity index (χ2v) is 8.21. The molecular weight excluding hydrogens is 448 g/mol. The number of aromatic nitrogens is 1. The minimum Gasteiger partial charge on any atom is -0.480 e. The van der Waals surface area contributed by atoms with Crippen molar-refractivity contribution in [2.75, 3.05) is 6.54 Å². The van der Waals surface area contributed by atoms with Gasteiger partial charge in [-0.05, 0) is 47.3 Å². The van der Waals surface area contributed by atoms with Crippen molar-refractivity contribution in [1.29, 1.82) is 0 Å². The van der Waals surface area contributed by atoms with Gasteiger partial charge in [-0.3, -0.25) is 14.4 Å². The molecule has 0 saturated heterocycles. The quantitative estimate of drug-likeness (QED) is 0.288. The molecule has 2 N–H and O–H groups in total. The lowest BCUT2D eigenvalue weighted by Crippen LogP contribution is -2.29. The predicted molar refractivity (Wildman–Crippen MR) is 135 cm³/mol. The van der Waals surface area contributed by atoms with Gasteiger partial charge in [0.2, 0.25) is 5.78 Å². The lowest BCUT2D eigenvalue weighted by atomic mass is 10.1. The van der Waals surface area contributed by atoms with E-state index in [2.05, 4.69) is 18.2 Å². The van der Waals surface area contributed by atoms with E-state index >= 15 is 0 Å². The molecule has 170 valence electrons. The van der Waals surface area contributed by atoms with E-state index < -0.39 is 18.4 Å². The Morgan fingerprint density at radius 1 is 1.00 bits per heavy atom. The van der Waals surface area contributed by atoms with Crippen molar-refractivity contribution < 1.29 is 19.5 Å². The van der Waals surface area contributed by atoms with Crippen molar-refractivity contribution in [2.45, 2.75) is 6.54 Å². The summed E-state index contributed by atoms with van der Waals surface area (Å²) >= 11 is 1.49. The third-order valence-electron chi connectivity index (χ3n) is 4.87. The fourth-order valence-electron chi connectivity index (χ4n) is 3.34. The van der Waals surface area contributed by atoms with Gasteiger partial charge in [0, 0.05) is 23.0 Å². The van der Waals surface area contributed by atoms with E-state index in [9.17, 15) is 14.4 Å². The molecule has 6 nitrogen and oxygen atoms in total. The number of hydrogen-bond donors (Lipinski definition) is 2. The van der Waals surface area contributed by atoms with Crippen molar-refractivity contribution in [3.63, 3.8) is 0 Å². The number of carboxylic acid groups (broad SMARTS) is 1. The Morgan fingerprint density at radius 3 is 2.56 bits per heavy atom. The zero-order valence-electron chi connectivity index (χ0n) is 18.2. The van der Waals surface area contributed by atoms with Gasteiger partial charge < -0.3 is 15.0 Å². The van der Waals surface area contributed by atoms with Crippen molar-refractivity contribution in [3.8, 4) is 12.8 Å². The van der Waals surface area contributed by atoms with E-state index in [0.717, 1.165) is 15.6 Å². The Kier molecular flexibility index (Phi) is 8.16. The number of allylic oxidation sites excluding steroid dienone is 1. The van der Waals surface area contributed by atoms with Crippen molar-refractivity contribution in [1.82, 2.24) is 9.88 Å². The van der Waals surface area contributed by atoms with Crippen LogP contribution in [0.3, 0.4) is 0 Å². The van der Waals surface area contributed by atoms with Crippen LogP contribution in [-0.2, 0) is 11.3 Å². The number of nitrogens with zero attached hydrogens (tertiary/aromatic N) is 1. The molecule has 0 bridgehead atoms. The van der Waals surface area contributed by atoms with Crippen LogP contribution in [0.5, 0.6) is 0 Å². The Balaban J connectivity index is 0.00000158. The molecule has 0 radical (unpaired) electrons. The molecule has 34 heavy (non-hydrogen) atoms.